The lowest BCUT2D eigenvalue weighted by Gasteiger charge is -2.25. The standard InChI is InChI=1S/C12H22N2O6S/c1-20-5-2-4-13-11(15)7-14(8-12(16)17)10-3-6-21(18,19)9-10/h10H,2-9H2,1H3,(H,13,15)(H,16,17). The zero-order valence-electron chi connectivity index (χ0n) is 12.1. The normalized spacial score (nSPS) is 20.6. The summed E-state index contributed by atoms with van der Waals surface area (Å²) in [6, 6.07) is -0.407. The number of carboxylic acid groups (broad SMARTS) is 1. The van der Waals surface area contributed by atoms with Gasteiger partial charge in [-0.15, -0.1) is 0 Å². The Labute approximate surface area is 124 Å². The molecule has 2 N–H and O–H groups in total. The van der Waals surface area contributed by atoms with Crippen molar-refractivity contribution in [1.29, 1.82) is 0 Å². The summed E-state index contributed by atoms with van der Waals surface area (Å²) in [6.07, 6.45) is 1.03. The Balaban J connectivity index is 2.50. The molecule has 0 aromatic carbocycles. The number of hydrogen-bond donors (Lipinski definition) is 2. The molecule has 122 valence electrons. The van der Waals surface area contributed by atoms with Crippen LogP contribution in [0.4, 0.5) is 0 Å². The zero-order valence-corrected chi connectivity index (χ0v) is 12.9. The van der Waals surface area contributed by atoms with Crippen LogP contribution in [0.2, 0.25) is 0 Å². The highest BCUT2D eigenvalue weighted by Gasteiger charge is 2.33. The predicted octanol–water partition coefficient (Wildman–Crippen LogP) is -1.29. The highest BCUT2D eigenvalue weighted by molar-refractivity contribution is 7.91. The van der Waals surface area contributed by atoms with E-state index in [0.29, 0.717) is 26.0 Å². The van der Waals surface area contributed by atoms with E-state index in [1.807, 2.05) is 0 Å². The summed E-state index contributed by atoms with van der Waals surface area (Å²) in [6.45, 7) is 0.516. The van der Waals surface area contributed by atoms with Crippen molar-refractivity contribution in [2.24, 2.45) is 0 Å². The molecule has 1 unspecified atom stereocenters. The van der Waals surface area contributed by atoms with Gasteiger partial charge in [0.05, 0.1) is 24.6 Å². The van der Waals surface area contributed by atoms with Crippen LogP contribution < -0.4 is 5.32 Å². The molecule has 1 amide bonds. The third kappa shape index (κ3) is 6.87. The molecule has 0 spiro atoms. The monoisotopic (exact) mass is 322 g/mol. The maximum absolute atomic E-state index is 11.8. The predicted molar refractivity (Wildman–Crippen MR) is 75.8 cm³/mol. The molecule has 0 bridgehead atoms. The van der Waals surface area contributed by atoms with E-state index in [-0.39, 0.29) is 30.5 Å². The molecule has 9 heteroatoms. The number of methoxy groups -OCH3 is 1. The summed E-state index contributed by atoms with van der Waals surface area (Å²) in [5.74, 6) is -1.43. The first kappa shape index (κ1) is 17.9. The molecule has 1 heterocycles. The number of amides is 1. The maximum Gasteiger partial charge on any atom is 0.317 e. The van der Waals surface area contributed by atoms with E-state index in [4.69, 9.17) is 9.84 Å². The van der Waals surface area contributed by atoms with Gasteiger partial charge in [0, 0.05) is 26.3 Å². The van der Waals surface area contributed by atoms with Crippen LogP contribution in [0.1, 0.15) is 12.8 Å². The van der Waals surface area contributed by atoms with Crippen molar-refractivity contribution in [3.05, 3.63) is 0 Å². The lowest BCUT2D eigenvalue weighted by Crippen LogP contribution is -2.46. The number of carbonyl (C=O) groups excluding carboxylic acids is 1. The molecular weight excluding hydrogens is 300 g/mol. The van der Waals surface area contributed by atoms with Crippen molar-refractivity contribution < 1.29 is 27.9 Å². The first-order valence-corrected chi connectivity index (χ1v) is 8.58. The Morgan fingerprint density at radius 1 is 1.38 bits per heavy atom. The Kier molecular flexibility index (Phi) is 7.06. The van der Waals surface area contributed by atoms with Gasteiger partial charge in [-0.05, 0) is 12.8 Å². The summed E-state index contributed by atoms with van der Waals surface area (Å²) in [4.78, 5) is 24.1. The highest BCUT2D eigenvalue weighted by atomic mass is 32.2. The number of nitrogens with zero attached hydrogens (tertiary/aromatic N) is 1. The molecule has 0 aromatic heterocycles. The number of hydrogen-bond acceptors (Lipinski definition) is 6. The van der Waals surface area contributed by atoms with Crippen LogP contribution in [0.3, 0.4) is 0 Å². The summed E-state index contributed by atoms with van der Waals surface area (Å²) < 4.78 is 27.8. The minimum absolute atomic E-state index is 0.0449. The molecule has 1 fully saturated rings. The van der Waals surface area contributed by atoms with Gasteiger partial charge in [0.2, 0.25) is 5.91 Å². The maximum atomic E-state index is 11.8. The van der Waals surface area contributed by atoms with Gasteiger partial charge in [-0.25, -0.2) is 8.42 Å². The molecule has 1 aliphatic heterocycles. The van der Waals surface area contributed by atoms with Crippen LogP contribution in [0.25, 0.3) is 0 Å². The molecular formula is C12H22N2O6S. The number of ether oxygens (including phenoxy) is 1. The second kappa shape index (κ2) is 8.30. The largest absolute Gasteiger partial charge is 0.480 e. The third-order valence-electron chi connectivity index (χ3n) is 3.26. The topological polar surface area (TPSA) is 113 Å². The Morgan fingerprint density at radius 2 is 2.10 bits per heavy atom. The zero-order chi connectivity index (χ0) is 15.9. The van der Waals surface area contributed by atoms with Crippen LogP contribution in [-0.4, -0.2) is 81.2 Å². The number of carboxylic acids is 1. The van der Waals surface area contributed by atoms with Crippen molar-refractivity contribution in [2.75, 3.05) is 44.9 Å². The molecule has 1 rings (SSSR count). The number of nitrogens with one attached hydrogen (secondary N) is 1. The molecule has 8 nitrogen and oxygen atoms in total. The first-order chi connectivity index (χ1) is 9.84. The van der Waals surface area contributed by atoms with Crippen LogP contribution in [0.5, 0.6) is 0 Å². The summed E-state index contributed by atoms with van der Waals surface area (Å²) in [5.41, 5.74) is 0. The van der Waals surface area contributed by atoms with Gasteiger partial charge < -0.3 is 15.2 Å². The van der Waals surface area contributed by atoms with E-state index in [1.54, 1.807) is 7.11 Å². The van der Waals surface area contributed by atoms with E-state index in [2.05, 4.69) is 5.32 Å². The van der Waals surface area contributed by atoms with E-state index in [0.717, 1.165) is 0 Å². The van der Waals surface area contributed by atoms with E-state index in [9.17, 15) is 18.0 Å². The van der Waals surface area contributed by atoms with Crippen LogP contribution in [0, 0.1) is 0 Å². The minimum atomic E-state index is -3.12. The fourth-order valence-corrected chi connectivity index (χ4v) is 4.00. The average molecular weight is 322 g/mol. The van der Waals surface area contributed by atoms with Gasteiger partial charge in [-0.1, -0.05) is 0 Å². The Hall–Kier alpha value is -1.19. The number of sulfone groups is 1. The summed E-state index contributed by atoms with van der Waals surface area (Å²) in [7, 11) is -1.55. The highest BCUT2D eigenvalue weighted by Crippen LogP contribution is 2.17. The molecule has 1 aliphatic rings. The van der Waals surface area contributed by atoms with Crippen LogP contribution in [0.15, 0.2) is 0 Å². The molecule has 0 aliphatic carbocycles. The van der Waals surface area contributed by atoms with Crippen LogP contribution in [-0.2, 0) is 24.2 Å². The van der Waals surface area contributed by atoms with E-state index >= 15 is 0 Å². The lowest BCUT2D eigenvalue weighted by molar-refractivity contribution is -0.139. The fraction of sp³-hybridized carbons (Fsp3) is 0.833. The average Bonchev–Trinajstić information content (AvgIpc) is 2.74. The SMILES string of the molecule is COCCCNC(=O)CN(CC(=O)O)C1CCS(=O)(=O)C1. The van der Waals surface area contributed by atoms with Gasteiger partial charge in [0.25, 0.3) is 0 Å². The van der Waals surface area contributed by atoms with Gasteiger partial charge in [-0.2, -0.15) is 0 Å². The van der Waals surface area contributed by atoms with Gasteiger partial charge in [0.1, 0.15) is 0 Å². The molecule has 1 saturated heterocycles. The molecule has 0 aromatic rings. The molecule has 0 radical (unpaired) electrons. The third-order valence-corrected chi connectivity index (χ3v) is 5.01. The second-order valence-corrected chi connectivity index (χ2v) is 7.28. The van der Waals surface area contributed by atoms with Gasteiger partial charge in [-0.3, -0.25) is 14.5 Å². The Bertz CT molecular complexity index is 464. The van der Waals surface area contributed by atoms with Crippen LogP contribution >= 0.6 is 0 Å². The van der Waals surface area contributed by atoms with Crippen molar-refractivity contribution in [3.63, 3.8) is 0 Å². The lowest BCUT2D eigenvalue weighted by atomic mass is 10.2. The quantitative estimate of drug-likeness (QED) is 0.508. The number of aliphatic carboxylic acids is 1. The second-order valence-electron chi connectivity index (χ2n) is 5.05. The van der Waals surface area contributed by atoms with Crippen molar-refractivity contribution in [2.45, 2.75) is 18.9 Å². The van der Waals surface area contributed by atoms with Gasteiger partial charge in [0.15, 0.2) is 9.84 Å². The van der Waals surface area contributed by atoms with E-state index in [1.165, 1.54) is 4.90 Å². The van der Waals surface area contributed by atoms with E-state index < -0.39 is 21.8 Å². The smallest absolute Gasteiger partial charge is 0.317 e. The summed E-state index contributed by atoms with van der Waals surface area (Å²) >= 11 is 0. The van der Waals surface area contributed by atoms with Crippen molar-refractivity contribution in [3.8, 4) is 0 Å². The van der Waals surface area contributed by atoms with Crippen molar-refractivity contribution in [1.82, 2.24) is 10.2 Å². The summed E-state index contributed by atoms with van der Waals surface area (Å²) in [5, 5.41) is 11.6. The van der Waals surface area contributed by atoms with Gasteiger partial charge >= 0.3 is 5.97 Å². The van der Waals surface area contributed by atoms with Crippen molar-refractivity contribution >= 4 is 21.7 Å². The molecule has 21 heavy (non-hydrogen) atoms. The first-order valence-electron chi connectivity index (χ1n) is 6.76. The molecule has 0 saturated carbocycles. The Morgan fingerprint density at radius 3 is 2.62 bits per heavy atom. The number of rotatable bonds is 9. The number of carbonyl (C=O) groups is 2. The minimum Gasteiger partial charge on any atom is -0.480 e. The molecule has 1 atom stereocenters. The fourth-order valence-electron chi connectivity index (χ4n) is 2.24.